The van der Waals surface area contributed by atoms with Crippen LogP contribution < -0.4 is 15.8 Å². The van der Waals surface area contributed by atoms with Gasteiger partial charge in [-0.05, 0) is 51.0 Å². The summed E-state index contributed by atoms with van der Waals surface area (Å²) in [5.41, 5.74) is 1.43. The van der Waals surface area contributed by atoms with Gasteiger partial charge in [-0.3, -0.25) is 19.5 Å². The minimum atomic E-state index is -0.604. The van der Waals surface area contributed by atoms with Gasteiger partial charge in [0.05, 0.1) is 28.7 Å². The fraction of sp³-hybridized carbons (Fsp3) is 0.364. The Kier molecular flexibility index (Phi) is 6.74. The van der Waals surface area contributed by atoms with Gasteiger partial charge in [0.25, 0.3) is 5.69 Å². The summed E-state index contributed by atoms with van der Waals surface area (Å²) in [6.45, 7) is 6.09. The van der Waals surface area contributed by atoms with E-state index >= 15 is 0 Å². The molecule has 0 spiro atoms. The third-order valence-corrected chi connectivity index (χ3v) is 4.78. The largest absolute Gasteiger partial charge is 0.491 e. The number of oxazole rings is 1. The molecule has 164 valence electrons. The van der Waals surface area contributed by atoms with Gasteiger partial charge in [-0.15, -0.1) is 0 Å². The highest BCUT2D eigenvalue weighted by molar-refractivity contribution is 5.77. The number of benzene rings is 2. The average molecular weight is 427 g/mol. The van der Waals surface area contributed by atoms with Crippen LogP contribution in [0.4, 0.5) is 5.69 Å². The van der Waals surface area contributed by atoms with E-state index < -0.39 is 10.7 Å². The van der Waals surface area contributed by atoms with Crippen LogP contribution in [0, 0.1) is 10.1 Å². The van der Waals surface area contributed by atoms with E-state index in [9.17, 15) is 19.7 Å². The number of carbonyl (C=O) groups is 1. The minimum Gasteiger partial charge on any atom is -0.491 e. The van der Waals surface area contributed by atoms with Crippen LogP contribution in [0.15, 0.2) is 51.7 Å². The summed E-state index contributed by atoms with van der Waals surface area (Å²) in [5, 5.41) is 13.8. The molecular weight excluding hydrogens is 402 g/mol. The van der Waals surface area contributed by atoms with Gasteiger partial charge >= 0.3 is 5.76 Å². The average Bonchev–Trinajstić information content (AvgIpc) is 3.02. The van der Waals surface area contributed by atoms with Gasteiger partial charge in [0.15, 0.2) is 5.58 Å². The van der Waals surface area contributed by atoms with Gasteiger partial charge in [0.1, 0.15) is 5.75 Å². The highest BCUT2D eigenvalue weighted by Crippen LogP contribution is 2.21. The quantitative estimate of drug-likeness (QED) is 0.408. The molecule has 3 aromatic rings. The first-order valence-corrected chi connectivity index (χ1v) is 10.1. The molecule has 0 fully saturated rings. The van der Waals surface area contributed by atoms with Crippen molar-refractivity contribution in [2.75, 3.05) is 0 Å². The van der Waals surface area contributed by atoms with E-state index in [0.29, 0.717) is 11.9 Å². The number of aromatic nitrogens is 1. The molecule has 9 nitrogen and oxygen atoms in total. The van der Waals surface area contributed by atoms with Crippen molar-refractivity contribution in [1.82, 2.24) is 9.88 Å². The van der Waals surface area contributed by atoms with Crippen molar-refractivity contribution in [3.63, 3.8) is 0 Å². The maximum atomic E-state index is 12.3. The molecule has 1 amide bonds. The second-order valence-electron chi connectivity index (χ2n) is 7.56. The van der Waals surface area contributed by atoms with E-state index in [4.69, 9.17) is 9.15 Å². The lowest BCUT2D eigenvalue weighted by atomic mass is 10.1. The molecule has 31 heavy (non-hydrogen) atoms. The lowest BCUT2D eigenvalue weighted by molar-refractivity contribution is -0.384. The van der Waals surface area contributed by atoms with E-state index in [1.807, 2.05) is 45.0 Å². The Morgan fingerprint density at radius 1 is 1.19 bits per heavy atom. The highest BCUT2D eigenvalue weighted by Gasteiger charge is 2.15. The fourth-order valence-electron chi connectivity index (χ4n) is 3.28. The molecule has 0 saturated carbocycles. The topological polar surface area (TPSA) is 117 Å². The first kappa shape index (κ1) is 22.1. The molecule has 1 unspecified atom stereocenters. The smallest absolute Gasteiger partial charge is 0.419 e. The number of nitro benzene ring substituents is 1. The number of fused-ring (bicyclic) bond motifs is 1. The van der Waals surface area contributed by atoms with E-state index in [0.717, 1.165) is 11.3 Å². The van der Waals surface area contributed by atoms with Crippen LogP contribution in [0.3, 0.4) is 0 Å². The zero-order valence-corrected chi connectivity index (χ0v) is 17.7. The standard InChI is InChI=1S/C22H25N3O6/c1-14(2)30-18-9-6-16(7-10-18)15(3)23-21(26)5-4-12-24-19-11-8-17(25(28)29)13-20(19)31-22(24)27/h6-11,13-15H,4-5,12H2,1-3H3,(H,23,26). The highest BCUT2D eigenvalue weighted by atomic mass is 16.6. The first-order chi connectivity index (χ1) is 14.7. The normalized spacial score (nSPS) is 12.1. The zero-order valence-electron chi connectivity index (χ0n) is 17.7. The Balaban J connectivity index is 1.55. The van der Waals surface area contributed by atoms with E-state index in [1.54, 1.807) is 0 Å². The second-order valence-corrected chi connectivity index (χ2v) is 7.56. The molecular formula is C22H25N3O6. The summed E-state index contributed by atoms with van der Waals surface area (Å²) in [6, 6.07) is 11.4. The van der Waals surface area contributed by atoms with Gasteiger partial charge in [-0.2, -0.15) is 0 Å². The second kappa shape index (κ2) is 9.46. The Morgan fingerprint density at radius 2 is 1.90 bits per heavy atom. The summed E-state index contributed by atoms with van der Waals surface area (Å²) in [7, 11) is 0. The number of non-ortho nitro benzene ring substituents is 1. The number of carbonyl (C=O) groups excluding carboxylic acids is 1. The number of hydrogen-bond donors (Lipinski definition) is 1. The molecule has 1 N–H and O–H groups in total. The molecule has 2 aromatic carbocycles. The Labute approximate surface area is 178 Å². The van der Waals surface area contributed by atoms with E-state index in [2.05, 4.69) is 5.32 Å². The van der Waals surface area contributed by atoms with Crippen LogP contribution >= 0.6 is 0 Å². The third kappa shape index (κ3) is 5.50. The number of nitro groups is 1. The zero-order chi connectivity index (χ0) is 22.5. The molecule has 0 saturated heterocycles. The molecule has 0 aliphatic carbocycles. The predicted octanol–water partition coefficient (Wildman–Crippen LogP) is 3.95. The van der Waals surface area contributed by atoms with Crippen LogP contribution in [-0.4, -0.2) is 21.5 Å². The number of rotatable bonds is 9. The Hall–Kier alpha value is -3.62. The van der Waals surface area contributed by atoms with E-state index in [-0.39, 0.29) is 42.3 Å². The predicted molar refractivity (Wildman–Crippen MR) is 115 cm³/mol. The molecule has 0 bridgehead atoms. The number of ether oxygens (including phenoxy) is 1. The maximum Gasteiger partial charge on any atom is 0.419 e. The molecule has 1 atom stereocenters. The van der Waals surface area contributed by atoms with Gasteiger partial charge in [0.2, 0.25) is 5.91 Å². The van der Waals surface area contributed by atoms with Crippen molar-refractivity contribution >= 4 is 22.7 Å². The number of nitrogens with one attached hydrogen (secondary N) is 1. The number of aryl methyl sites for hydroxylation is 1. The van der Waals surface area contributed by atoms with Crippen LogP contribution in [-0.2, 0) is 11.3 Å². The molecule has 9 heteroatoms. The van der Waals surface area contributed by atoms with Crippen molar-refractivity contribution in [1.29, 1.82) is 0 Å². The van der Waals surface area contributed by atoms with Crippen LogP contribution in [0.5, 0.6) is 5.75 Å². The van der Waals surface area contributed by atoms with Gasteiger partial charge in [-0.1, -0.05) is 12.1 Å². The van der Waals surface area contributed by atoms with Crippen LogP contribution in [0.2, 0.25) is 0 Å². The van der Waals surface area contributed by atoms with E-state index in [1.165, 1.54) is 22.8 Å². The third-order valence-electron chi connectivity index (χ3n) is 4.78. The first-order valence-electron chi connectivity index (χ1n) is 10.1. The minimum absolute atomic E-state index is 0.0953. The summed E-state index contributed by atoms with van der Waals surface area (Å²) in [6.07, 6.45) is 0.744. The number of amides is 1. The van der Waals surface area contributed by atoms with Gasteiger partial charge in [0, 0.05) is 19.0 Å². The number of nitrogens with zero attached hydrogens (tertiary/aromatic N) is 2. The van der Waals surface area contributed by atoms with Crippen molar-refractivity contribution < 1.29 is 18.9 Å². The maximum absolute atomic E-state index is 12.3. The fourth-order valence-corrected chi connectivity index (χ4v) is 3.28. The van der Waals surface area contributed by atoms with Crippen molar-refractivity contribution in [3.05, 3.63) is 68.7 Å². The van der Waals surface area contributed by atoms with Crippen molar-refractivity contribution in [2.45, 2.75) is 52.3 Å². The molecule has 0 aliphatic heterocycles. The Morgan fingerprint density at radius 3 is 2.55 bits per heavy atom. The van der Waals surface area contributed by atoms with Crippen LogP contribution in [0.25, 0.3) is 11.1 Å². The monoisotopic (exact) mass is 427 g/mol. The summed E-state index contributed by atoms with van der Waals surface area (Å²) < 4.78 is 12.1. The lowest BCUT2D eigenvalue weighted by Crippen LogP contribution is -2.27. The molecule has 0 radical (unpaired) electrons. The van der Waals surface area contributed by atoms with Gasteiger partial charge < -0.3 is 14.5 Å². The van der Waals surface area contributed by atoms with Crippen LogP contribution in [0.1, 0.15) is 45.2 Å². The summed E-state index contributed by atoms with van der Waals surface area (Å²) in [5.74, 6) is 0.0415. The molecule has 3 rings (SSSR count). The van der Waals surface area contributed by atoms with Crippen molar-refractivity contribution in [2.24, 2.45) is 0 Å². The summed E-state index contributed by atoms with van der Waals surface area (Å²) >= 11 is 0. The van der Waals surface area contributed by atoms with Crippen molar-refractivity contribution in [3.8, 4) is 5.75 Å². The molecule has 1 aromatic heterocycles. The van der Waals surface area contributed by atoms with Gasteiger partial charge in [-0.25, -0.2) is 4.79 Å². The summed E-state index contributed by atoms with van der Waals surface area (Å²) in [4.78, 5) is 34.7. The molecule has 0 aliphatic rings. The lowest BCUT2D eigenvalue weighted by Gasteiger charge is -2.16. The Bertz CT molecular complexity index is 1130. The number of hydrogen-bond acceptors (Lipinski definition) is 6. The SMILES string of the molecule is CC(C)Oc1ccc(C(C)NC(=O)CCCn2c(=O)oc3cc([N+](=O)[O-])ccc32)cc1. The molecule has 1 heterocycles.